The number of ether oxygens (including phenoxy) is 2. The van der Waals surface area contributed by atoms with Crippen molar-refractivity contribution < 1.29 is 23.9 Å². The topological polar surface area (TPSA) is 69.7 Å². The van der Waals surface area contributed by atoms with E-state index in [-0.39, 0.29) is 23.9 Å². The third-order valence-corrected chi connectivity index (χ3v) is 3.16. The predicted molar refractivity (Wildman–Crippen MR) is 64.0 cm³/mol. The van der Waals surface area contributed by atoms with Gasteiger partial charge in [0.2, 0.25) is 0 Å². The van der Waals surface area contributed by atoms with Crippen LogP contribution in [0.4, 0.5) is 0 Å². The maximum Gasteiger partial charge on any atom is 0.316 e. The summed E-state index contributed by atoms with van der Waals surface area (Å²) in [4.78, 5) is 35.3. The summed E-state index contributed by atoms with van der Waals surface area (Å²) in [6.45, 7) is 2.83. The van der Waals surface area contributed by atoms with Gasteiger partial charge in [-0.1, -0.05) is 6.92 Å². The number of rotatable bonds is 7. The summed E-state index contributed by atoms with van der Waals surface area (Å²) in [7, 11) is 1.23. The van der Waals surface area contributed by atoms with Gasteiger partial charge in [-0.2, -0.15) is 0 Å². The van der Waals surface area contributed by atoms with Gasteiger partial charge in [0.15, 0.2) is 0 Å². The molecule has 0 amide bonds. The molecule has 0 radical (unpaired) electrons. The maximum absolute atomic E-state index is 11.9. The SMILES string of the molecule is CCCC(=O)C(CC(=O)C1CCOC1)C(=O)OC. The second-order valence-corrected chi connectivity index (χ2v) is 4.52. The van der Waals surface area contributed by atoms with Crippen molar-refractivity contribution >= 4 is 17.5 Å². The zero-order valence-electron chi connectivity index (χ0n) is 10.9. The Balaban J connectivity index is 2.62. The van der Waals surface area contributed by atoms with E-state index in [0.29, 0.717) is 32.5 Å². The molecule has 1 aliphatic rings. The minimum absolute atomic E-state index is 0.0560. The van der Waals surface area contributed by atoms with Crippen molar-refractivity contribution in [2.75, 3.05) is 20.3 Å². The molecule has 0 aromatic carbocycles. The number of carbonyl (C=O) groups excluding carboxylic acids is 3. The van der Waals surface area contributed by atoms with Crippen LogP contribution in [0.25, 0.3) is 0 Å². The zero-order chi connectivity index (χ0) is 13.5. The van der Waals surface area contributed by atoms with Gasteiger partial charge in [-0.05, 0) is 12.8 Å². The molecule has 0 aromatic heterocycles. The van der Waals surface area contributed by atoms with Crippen LogP contribution < -0.4 is 0 Å². The highest BCUT2D eigenvalue weighted by Crippen LogP contribution is 2.20. The average Bonchev–Trinajstić information content (AvgIpc) is 2.88. The first-order valence-electron chi connectivity index (χ1n) is 6.31. The van der Waals surface area contributed by atoms with Gasteiger partial charge in [0.25, 0.3) is 0 Å². The molecule has 1 rings (SSSR count). The third-order valence-electron chi connectivity index (χ3n) is 3.16. The molecule has 2 atom stereocenters. The van der Waals surface area contributed by atoms with Gasteiger partial charge in [0.1, 0.15) is 17.5 Å². The Kier molecular flexibility index (Phi) is 5.98. The first kappa shape index (κ1) is 14.8. The molecule has 0 aliphatic carbocycles. The van der Waals surface area contributed by atoms with Gasteiger partial charge >= 0.3 is 5.97 Å². The number of carbonyl (C=O) groups is 3. The molecule has 0 saturated carbocycles. The summed E-state index contributed by atoms with van der Waals surface area (Å²) < 4.78 is 9.73. The van der Waals surface area contributed by atoms with E-state index in [1.165, 1.54) is 7.11 Å². The molecule has 5 heteroatoms. The van der Waals surface area contributed by atoms with E-state index >= 15 is 0 Å². The summed E-state index contributed by atoms with van der Waals surface area (Å²) in [5.74, 6) is -2.01. The number of methoxy groups -OCH3 is 1. The number of hydrogen-bond acceptors (Lipinski definition) is 5. The van der Waals surface area contributed by atoms with Crippen LogP contribution in [0.3, 0.4) is 0 Å². The molecular formula is C13H20O5. The lowest BCUT2D eigenvalue weighted by Crippen LogP contribution is -2.30. The lowest BCUT2D eigenvalue weighted by atomic mass is 9.90. The average molecular weight is 256 g/mol. The number of ketones is 2. The fourth-order valence-corrected chi connectivity index (χ4v) is 2.05. The molecule has 102 valence electrons. The van der Waals surface area contributed by atoms with Crippen molar-refractivity contribution in [2.45, 2.75) is 32.6 Å². The van der Waals surface area contributed by atoms with E-state index in [2.05, 4.69) is 4.74 Å². The largest absolute Gasteiger partial charge is 0.468 e. The maximum atomic E-state index is 11.9. The Hall–Kier alpha value is -1.23. The van der Waals surface area contributed by atoms with Crippen molar-refractivity contribution in [1.29, 1.82) is 0 Å². The minimum atomic E-state index is -0.942. The highest BCUT2D eigenvalue weighted by atomic mass is 16.5. The van der Waals surface area contributed by atoms with Gasteiger partial charge in [0, 0.05) is 25.4 Å². The normalized spacial score (nSPS) is 20.4. The Bertz CT molecular complexity index is 317. The molecule has 1 aliphatic heterocycles. The molecule has 1 heterocycles. The van der Waals surface area contributed by atoms with Crippen molar-refractivity contribution in [3.8, 4) is 0 Å². The quantitative estimate of drug-likeness (QED) is 0.504. The Morgan fingerprint density at radius 2 is 2.11 bits per heavy atom. The van der Waals surface area contributed by atoms with Crippen molar-refractivity contribution in [1.82, 2.24) is 0 Å². The predicted octanol–water partition coefficient (Wildman–Crippen LogP) is 1.14. The van der Waals surface area contributed by atoms with Crippen LogP contribution in [0.2, 0.25) is 0 Å². The van der Waals surface area contributed by atoms with Gasteiger partial charge in [-0.25, -0.2) is 0 Å². The van der Waals surface area contributed by atoms with E-state index in [1.54, 1.807) is 0 Å². The molecule has 1 fully saturated rings. The second kappa shape index (κ2) is 7.26. The van der Waals surface area contributed by atoms with E-state index in [9.17, 15) is 14.4 Å². The van der Waals surface area contributed by atoms with Crippen LogP contribution in [0.15, 0.2) is 0 Å². The van der Waals surface area contributed by atoms with Gasteiger partial charge < -0.3 is 9.47 Å². The summed E-state index contributed by atoms with van der Waals surface area (Å²) in [6.07, 6.45) is 1.58. The Morgan fingerprint density at radius 1 is 1.39 bits per heavy atom. The molecule has 1 saturated heterocycles. The van der Waals surface area contributed by atoms with Crippen LogP contribution >= 0.6 is 0 Å². The van der Waals surface area contributed by atoms with E-state index in [0.717, 1.165) is 0 Å². The van der Waals surface area contributed by atoms with Crippen molar-refractivity contribution in [3.63, 3.8) is 0 Å². The lowest BCUT2D eigenvalue weighted by molar-refractivity contribution is -0.151. The highest BCUT2D eigenvalue weighted by molar-refractivity contribution is 6.02. The Labute approximate surface area is 107 Å². The summed E-state index contributed by atoms with van der Waals surface area (Å²) in [6, 6.07) is 0. The van der Waals surface area contributed by atoms with E-state index < -0.39 is 11.9 Å². The molecule has 0 spiro atoms. The fourth-order valence-electron chi connectivity index (χ4n) is 2.05. The molecule has 0 bridgehead atoms. The number of Topliss-reactive ketones (excluding diaryl/α,β-unsaturated/α-hetero) is 2. The third kappa shape index (κ3) is 3.91. The molecule has 0 N–H and O–H groups in total. The van der Waals surface area contributed by atoms with Crippen molar-refractivity contribution in [3.05, 3.63) is 0 Å². The van der Waals surface area contributed by atoms with Gasteiger partial charge in [0.05, 0.1) is 13.7 Å². The van der Waals surface area contributed by atoms with Crippen LogP contribution in [-0.2, 0) is 23.9 Å². The van der Waals surface area contributed by atoms with E-state index in [4.69, 9.17) is 4.74 Å². The summed E-state index contributed by atoms with van der Waals surface area (Å²) in [5.41, 5.74) is 0. The first-order chi connectivity index (χ1) is 8.60. The van der Waals surface area contributed by atoms with Crippen LogP contribution in [0.1, 0.15) is 32.6 Å². The second-order valence-electron chi connectivity index (χ2n) is 4.52. The summed E-state index contributed by atoms with van der Waals surface area (Å²) >= 11 is 0. The van der Waals surface area contributed by atoms with Gasteiger partial charge in [-0.15, -0.1) is 0 Å². The lowest BCUT2D eigenvalue weighted by Gasteiger charge is -2.14. The Morgan fingerprint density at radius 3 is 2.61 bits per heavy atom. The van der Waals surface area contributed by atoms with Crippen LogP contribution in [0.5, 0.6) is 0 Å². The molecule has 2 unspecified atom stereocenters. The standard InChI is InChI=1S/C13H20O5/c1-3-4-11(14)10(13(16)17-2)7-12(15)9-5-6-18-8-9/h9-10H,3-8H2,1-2H3. The van der Waals surface area contributed by atoms with Crippen molar-refractivity contribution in [2.24, 2.45) is 11.8 Å². The van der Waals surface area contributed by atoms with Gasteiger partial charge in [-0.3, -0.25) is 14.4 Å². The van der Waals surface area contributed by atoms with Crippen LogP contribution in [-0.4, -0.2) is 37.9 Å². The number of hydrogen-bond donors (Lipinski definition) is 0. The smallest absolute Gasteiger partial charge is 0.316 e. The molecule has 0 aromatic rings. The molecule has 18 heavy (non-hydrogen) atoms. The zero-order valence-corrected chi connectivity index (χ0v) is 10.9. The van der Waals surface area contributed by atoms with Crippen LogP contribution in [0, 0.1) is 11.8 Å². The number of esters is 1. The molecule has 5 nitrogen and oxygen atoms in total. The highest BCUT2D eigenvalue weighted by Gasteiger charge is 2.33. The first-order valence-corrected chi connectivity index (χ1v) is 6.31. The summed E-state index contributed by atoms with van der Waals surface area (Å²) in [5, 5.41) is 0. The van der Waals surface area contributed by atoms with E-state index in [1.807, 2.05) is 6.92 Å². The monoisotopic (exact) mass is 256 g/mol. The minimum Gasteiger partial charge on any atom is -0.468 e. The fraction of sp³-hybridized carbons (Fsp3) is 0.769. The molecular weight excluding hydrogens is 236 g/mol.